The minimum absolute atomic E-state index is 0. The monoisotopic (exact) mass is 611 g/mol. The largest absolute Gasteiger partial charge is 0.505 e. The maximum Gasteiger partial charge on any atom is 0.397 e. The number of hydrogen-bond donors (Lipinski definition) is 3. The Balaban J connectivity index is 0.0000144. The van der Waals surface area contributed by atoms with Crippen LogP contribution in [-0.4, -0.2) is 92.0 Å². The van der Waals surface area contributed by atoms with Crippen molar-refractivity contribution in [1.29, 1.82) is 0 Å². The van der Waals surface area contributed by atoms with E-state index in [0.29, 0.717) is 6.42 Å². The molecule has 0 amide bonds. The van der Waals surface area contributed by atoms with Gasteiger partial charge in [0.25, 0.3) is 0 Å². The van der Waals surface area contributed by atoms with E-state index in [1.165, 1.54) is 77.0 Å². The molecule has 0 aromatic heterocycles. The van der Waals surface area contributed by atoms with Gasteiger partial charge in [0.05, 0.1) is 6.61 Å². The zero-order valence-corrected chi connectivity index (χ0v) is 26.8. The SMILES string of the molecule is CCCCCCCCCCCCCCCCCCOC1=C(O)C(C(COS(=O)(=O)O)OS(=O)(=O)O)OC1=O.[Na]. The van der Waals surface area contributed by atoms with Gasteiger partial charge in [-0.2, -0.15) is 16.8 Å². The second-order valence-corrected chi connectivity index (χ2v) is 11.6. The minimum Gasteiger partial charge on any atom is -0.505 e. The summed E-state index contributed by atoms with van der Waals surface area (Å²) in [5.41, 5.74) is 0. The molecule has 225 valence electrons. The van der Waals surface area contributed by atoms with Gasteiger partial charge in [-0.05, 0) is 6.42 Å². The first-order valence-corrected chi connectivity index (χ1v) is 16.2. The Hall–Kier alpha value is -0.450. The molecule has 0 bridgehead atoms. The Morgan fingerprint density at radius 3 is 1.62 bits per heavy atom. The molecule has 0 saturated heterocycles. The Bertz CT molecular complexity index is 921. The van der Waals surface area contributed by atoms with Gasteiger partial charge >= 0.3 is 26.8 Å². The molecule has 0 spiro atoms. The minimum atomic E-state index is -5.15. The zero-order chi connectivity index (χ0) is 28.4. The van der Waals surface area contributed by atoms with Crippen LogP contribution in [0.1, 0.15) is 110 Å². The Labute approximate surface area is 255 Å². The summed E-state index contributed by atoms with van der Waals surface area (Å²) in [7, 11) is -10.2. The van der Waals surface area contributed by atoms with Gasteiger partial charge in [-0.3, -0.25) is 9.11 Å². The van der Waals surface area contributed by atoms with Gasteiger partial charge in [0.2, 0.25) is 5.76 Å². The maximum atomic E-state index is 12.0. The molecule has 0 aromatic carbocycles. The van der Waals surface area contributed by atoms with Crippen LogP contribution in [0, 0.1) is 0 Å². The van der Waals surface area contributed by atoms with Gasteiger partial charge in [0.15, 0.2) is 11.9 Å². The van der Waals surface area contributed by atoms with Gasteiger partial charge in [-0.1, -0.05) is 103 Å². The van der Waals surface area contributed by atoms with E-state index >= 15 is 0 Å². The number of carbonyl (C=O) groups is 1. The third-order valence-corrected chi connectivity index (χ3v) is 7.05. The predicted octanol–water partition coefficient (Wildman–Crippen LogP) is 4.59. The fraction of sp³-hybridized carbons (Fsp3) is 0.875. The van der Waals surface area contributed by atoms with E-state index in [0.717, 1.165) is 19.3 Å². The van der Waals surface area contributed by atoms with Crippen LogP contribution < -0.4 is 0 Å². The van der Waals surface area contributed by atoms with E-state index in [1.54, 1.807) is 0 Å². The molecule has 2 unspecified atom stereocenters. The summed E-state index contributed by atoms with van der Waals surface area (Å²) in [6.45, 7) is 1.13. The summed E-state index contributed by atoms with van der Waals surface area (Å²) in [5.74, 6) is -2.55. The van der Waals surface area contributed by atoms with E-state index < -0.39 is 57.1 Å². The molecular formula is C24H44NaO12S2. The molecule has 1 radical (unpaired) electrons. The van der Waals surface area contributed by atoms with Gasteiger partial charge in [0.1, 0.15) is 12.7 Å². The second kappa shape index (κ2) is 21.3. The molecule has 15 heteroatoms. The van der Waals surface area contributed by atoms with Crippen LogP contribution in [0.25, 0.3) is 0 Å². The zero-order valence-electron chi connectivity index (χ0n) is 23.2. The number of carbonyl (C=O) groups excluding carboxylic acids is 1. The van der Waals surface area contributed by atoms with Crippen LogP contribution in [-0.2, 0) is 43.4 Å². The number of rotatable bonds is 24. The molecule has 0 aromatic rings. The standard InChI is InChI=1S/C24H44O12S2.Na/c1-2-3-4-5-6-7-8-9-10-11-12-13-14-15-16-17-18-33-23-21(25)22(35-24(23)26)20(36-38(30,31)32)19-34-37(27,28)29;/h20,22,25H,2-19H2,1H3,(H,27,28,29)(H,30,31,32);. The average Bonchev–Trinajstić information content (AvgIpc) is 3.10. The number of ether oxygens (including phenoxy) is 2. The van der Waals surface area contributed by atoms with Gasteiger partial charge in [0, 0.05) is 29.6 Å². The first-order valence-electron chi connectivity index (χ1n) is 13.5. The average molecular weight is 612 g/mol. The summed E-state index contributed by atoms with van der Waals surface area (Å²) in [5, 5.41) is 10.2. The molecule has 1 rings (SSSR count). The quantitative estimate of drug-likeness (QED) is 0.0598. The molecule has 2 atom stereocenters. The van der Waals surface area contributed by atoms with E-state index in [2.05, 4.69) is 15.3 Å². The number of aliphatic hydroxyl groups is 1. The molecule has 3 N–H and O–H groups in total. The van der Waals surface area contributed by atoms with E-state index in [-0.39, 0.29) is 36.2 Å². The summed E-state index contributed by atoms with van der Waals surface area (Å²) in [4.78, 5) is 12.0. The summed E-state index contributed by atoms with van der Waals surface area (Å²) in [6, 6.07) is 0. The topological polar surface area (TPSA) is 183 Å². The van der Waals surface area contributed by atoms with E-state index in [1.807, 2.05) is 0 Å². The fourth-order valence-electron chi connectivity index (χ4n) is 4.14. The van der Waals surface area contributed by atoms with Crippen molar-refractivity contribution in [2.45, 2.75) is 122 Å². The maximum absolute atomic E-state index is 12.0. The third kappa shape index (κ3) is 19.3. The molecule has 1 aliphatic rings. The molecule has 0 saturated carbocycles. The molecule has 0 aliphatic carbocycles. The van der Waals surface area contributed by atoms with Gasteiger partial charge in [-0.15, -0.1) is 0 Å². The van der Waals surface area contributed by atoms with Crippen molar-refractivity contribution in [3.05, 3.63) is 11.5 Å². The normalized spacial score (nSPS) is 16.7. The Kier molecular flexibility index (Phi) is 21.0. The number of esters is 1. The molecular weight excluding hydrogens is 567 g/mol. The van der Waals surface area contributed by atoms with Crippen LogP contribution in [0.2, 0.25) is 0 Å². The van der Waals surface area contributed by atoms with Crippen molar-refractivity contribution in [2.24, 2.45) is 0 Å². The molecule has 12 nitrogen and oxygen atoms in total. The first kappa shape index (κ1) is 38.5. The van der Waals surface area contributed by atoms with Crippen molar-refractivity contribution in [1.82, 2.24) is 0 Å². The van der Waals surface area contributed by atoms with Gasteiger partial charge < -0.3 is 14.6 Å². The van der Waals surface area contributed by atoms with Crippen LogP contribution in [0.5, 0.6) is 0 Å². The number of unbranched alkanes of at least 4 members (excludes halogenated alkanes) is 15. The first-order chi connectivity index (χ1) is 17.9. The number of aliphatic hydroxyl groups excluding tert-OH is 1. The van der Waals surface area contributed by atoms with Crippen molar-refractivity contribution >= 4 is 56.3 Å². The van der Waals surface area contributed by atoms with Crippen molar-refractivity contribution in [3.8, 4) is 0 Å². The molecule has 1 aliphatic heterocycles. The van der Waals surface area contributed by atoms with Crippen molar-refractivity contribution in [2.75, 3.05) is 13.2 Å². The predicted molar refractivity (Wildman–Crippen MR) is 145 cm³/mol. The molecule has 39 heavy (non-hydrogen) atoms. The van der Waals surface area contributed by atoms with Crippen LogP contribution in [0.15, 0.2) is 11.5 Å². The second-order valence-electron chi connectivity index (χ2n) is 9.47. The molecule has 1 heterocycles. The number of hydrogen-bond acceptors (Lipinski definition) is 10. The van der Waals surface area contributed by atoms with Crippen LogP contribution in [0.3, 0.4) is 0 Å². The molecule has 0 fully saturated rings. The summed E-state index contributed by atoms with van der Waals surface area (Å²) >= 11 is 0. The smallest absolute Gasteiger partial charge is 0.397 e. The van der Waals surface area contributed by atoms with Crippen molar-refractivity contribution in [3.63, 3.8) is 0 Å². The number of cyclic esters (lactones) is 1. The Morgan fingerprint density at radius 1 is 0.769 bits per heavy atom. The fourth-order valence-corrected chi connectivity index (χ4v) is 4.92. The summed E-state index contributed by atoms with van der Waals surface area (Å²) < 4.78 is 79.5. The van der Waals surface area contributed by atoms with Crippen molar-refractivity contribution < 1.29 is 53.7 Å². The third-order valence-electron chi connectivity index (χ3n) is 6.13. The van der Waals surface area contributed by atoms with Crippen LogP contribution >= 0.6 is 0 Å². The summed E-state index contributed by atoms with van der Waals surface area (Å²) in [6.07, 6.45) is 15.3. The van der Waals surface area contributed by atoms with Crippen LogP contribution in [0.4, 0.5) is 0 Å². The van der Waals surface area contributed by atoms with E-state index in [4.69, 9.17) is 18.6 Å². The van der Waals surface area contributed by atoms with E-state index in [9.17, 15) is 26.7 Å². The van der Waals surface area contributed by atoms with Gasteiger partial charge in [-0.25, -0.2) is 13.2 Å². The Morgan fingerprint density at radius 2 is 1.21 bits per heavy atom.